The molecule has 114 valence electrons. The van der Waals surface area contributed by atoms with Crippen LogP contribution in [0.5, 0.6) is 0 Å². The maximum absolute atomic E-state index is 12.4. The fourth-order valence-corrected chi connectivity index (χ4v) is 3.77. The quantitative estimate of drug-likeness (QED) is 0.789. The van der Waals surface area contributed by atoms with E-state index in [0.717, 1.165) is 0 Å². The molecule has 1 unspecified atom stereocenters. The van der Waals surface area contributed by atoms with Crippen LogP contribution in [-0.2, 0) is 10.0 Å². The maximum atomic E-state index is 12.4. The second kappa shape index (κ2) is 7.59. The molecule has 20 heavy (non-hydrogen) atoms. The molecule has 0 saturated carbocycles. The normalized spacial score (nSPS) is 13.7. The van der Waals surface area contributed by atoms with Crippen LogP contribution in [0.3, 0.4) is 0 Å². The largest absolute Gasteiger partial charge is 0.396 e. The van der Waals surface area contributed by atoms with E-state index < -0.39 is 10.0 Å². The van der Waals surface area contributed by atoms with E-state index in [1.54, 1.807) is 0 Å². The van der Waals surface area contributed by atoms with Crippen molar-refractivity contribution in [1.29, 1.82) is 0 Å². The lowest BCUT2D eigenvalue weighted by atomic mass is 10.1. The summed E-state index contributed by atoms with van der Waals surface area (Å²) in [6.45, 7) is 0.491. The number of sulfonamides is 1. The summed E-state index contributed by atoms with van der Waals surface area (Å²) < 4.78 is 26.0. The zero-order valence-corrected chi connectivity index (χ0v) is 13.4. The van der Waals surface area contributed by atoms with Crippen molar-refractivity contribution < 1.29 is 13.5 Å². The molecule has 0 amide bonds. The summed E-state index contributed by atoms with van der Waals surface area (Å²) in [5.41, 5.74) is 5.56. The Balaban J connectivity index is 2.97. The number of hydrogen-bond donors (Lipinski definition) is 2. The molecular formula is C12H18Cl2N2O3S. The first kappa shape index (κ1) is 17.7. The Morgan fingerprint density at radius 2 is 2.05 bits per heavy atom. The number of hydrogen-bond acceptors (Lipinski definition) is 4. The number of aliphatic hydroxyl groups excluding tert-OH is 1. The maximum Gasteiger partial charge on any atom is 0.244 e. The van der Waals surface area contributed by atoms with Crippen molar-refractivity contribution >= 4 is 33.2 Å². The van der Waals surface area contributed by atoms with Gasteiger partial charge in [-0.3, -0.25) is 0 Å². The predicted octanol–water partition coefficient (Wildman–Crippen LogP) is 1.57. The third kappa shape index (κ3) is 4.31. The Bertz CT molecular complexity index is 552. The molecule has 0 aliphatic carbocycles. The number of nitrogens with two attached hydrogens (primary N) is 1. The van der Waals surface area contributed by atoms with E-state index in [9.17, 15) is 8.42 Å². The molecular weight excluding hydrogens is 323 g/mol. The van der Waals surface area contributed by atoms with Gasteiger partial charge in [0.25, 0.3) is 0 Å². The lowest BCUT2D eigenvalue weighted by Crippen LogP contribution is -2.35. The molecule has 0 heterocycles. The van der Waals surface area contributed by atoms with Crippen LogP contribution in [-0.4, -0.2) is 44.6 Å². The van der Waals surface area contributed by atoms with E-state index in [1.165, 1.54) is 29.6 Å². The van der Waals surface area contributed by atoms with Crippen molar-refractivity contribution in [2.75, 3.05) is 26.7 Å². The second-order valence-electron chi connectivity index (χ2n) is 4.47. The van der Waals surface area contributed by atoms with Crippen molar-refractivity contribution in [2.45, 2.75) is 11.3 Å². The van der Waals surface area contributed by atoms with Gasteiger partial charge in [-0.2, -0.15) is 0 Å². The molecule has 1 atom stereocenters. The fraction of sp³-hybridized carbons (Fsp3) is 0.500. The number of benzene rings is 1. The summed E-state index contributed by atoms with van der Waals surface area (Å²) >= 11 is 11.7. The van der Waals surface area contributed by atoms with E-state index in [2.05, 4.69) is 0 Å². The smallest absolute Gasteiger partial charge is 0.244 e. The molecule has 1 aromatic rings. The van der Waals surface area contributed by atoms with Crippen molar-refractivity contribution in [3.8, 4) is 0 Å². The summed E-state index contributed by atoms with van der Waals surface area (Å²) in [5.74, 6) is -0.106. The van der Waals surface area contributed by atoms with Crippen LogP contribution in [0.15, 0.2) is 23.1 Å². The lowest BCUT2D eigenvalue weighted by molar-refractivity contribution is 0.245. The van der Waals surface area contributed by atoms with Gasteiger partial charge in [-0.1, -0.05) is 23.2 Å². The van der Waals surface area contributed by atoms with Crippen molar-refractivity contribution in [3.05, 3.63) is 28.2 Å². The molecule has 3 N–H and O–H groups in total. The summed E-state index contributed by atoms with van der Waals surface area (Å²) in [7, 11) is -2.25. The predicted molar refractivity (Wildman–Crippen MR) is 80.5 cm³/mol. The van der Waals surface area contributed by atoms with Gasteiger partial charge in [0, 0.05) is 25.2 Å². The Morgan fingerprint density at radius 1 is 1.40 bits per heavy atom. The first-order valence-electron chi connectivity index (χ1n) is 6.05. The Kier molecular flexibility index (Phi) is 6.71. The van der Waals surface area contributed by atoms with Gasteiger partial charge in [-0.15, -0.1) is 0 Å². The van der Waals surface area contributed by atoms with Crippen LogP contribution in [0.1, 0.15) is 6.42 Å². The van der Waals surface area contributed by atoms with Crippen LogP contribution in [0, 0.1) is 5.92 Å². The molecule has 0 aliphatic rings. The minimum absolute atomic E-state index is 0.00540. The van der Waals surface area contributed by atoms with Gasteiger partial charge >= 0.3 is 0 Å². The molecule has 0 fully saturated rings. The SMILES string of the molecule is CN(CC(CN)CCO)S(=O)(=O)c1ccc(Cl)cc1Cl. The monoisotopic (exact) mass is 340 g/mol. The van der Waals surface area contributed by atoms with E-state index in [0.29, 0.717) is 18.0 Å². The molecule has 0 aliphatic heterocycles. The third-order valence-electron chi connectivity index (χ3n) is 2.97. The average Bonchev–Trinajstić information content (AvgIpc) is 2.37. The van der Waals surface area contributed by atoms with Crippen LogP contribution >= 0.6 is 23.2 Å². The summed E-state index contributed by atoms with van der Waals surface area (Å²) in [6.07, 6.45) is 0.449. The molecule has 8 heteroatoms. The number of aliphatic hydroxyl groups is 1. The summed E-state index contributed by atoms with van der Waals surface area (Å²) in [5, 5.41) is 9.37. The topological polar surface area (TPSA) is 83.6 Å². The first-order valence-corrected chi connectivity index (χ1v) is 8.24. The van der Waals surface area contributed by atoms with Crippen LogP contribution < -0.4 is 5.73 Å². The van der Waals surface area contributed by atoms with Crippen LogP contribution in [0.2, 0.25) is 10.0 Å². The zero-order valence-electron chi connectivity index (χ0n) is 11.1. The highest BCUT2D eigenvalue weighted by molar-refractivity contribution is 7.89. The van der Waals surface area contributed by atoms with Gasteiger partial charge in [-0.25, -0.2) is 12.7 Å². The van der Waals surface area contributed by atoms with Crippen LogP contribution in [0.25, 0.3) is 0 Å². The fourth-order valence-electron chi connectivity index (χ4n) is 1.78. The zero-order chi connectivity index (χ0) is 15.3. The molecule has 0 radical (unpaired) electrons. The van der Waals surface area contributed by atoms with Gasteiger partial charge in [0.2, 0.25) is 10.0 Å². The summed E-state index contributed by atoms with van der Waals surface area (Å²) in [6, 6.07) is 4.24. The molecule has 5 nitrogen and oxygen atoms in total. The average molecular weight is 341 g/mol. The number of halogens is 2. The van der Waals surface area contributed by atoms with Gasteiger partial charge in [0.05, 0.1) is 5.02 Å². The number of nitrogens with zero attached hydrogens (tertiary/aromatic N) is 1. The first-order chi connectivity index (χ1) is 9.32. The van der Waals surface area contributed by atoms with Crippen LogP contribution in [0.4, 0.5) is 0 Å². The van der Waals surface area contributed by atoms with E-state index in [1.807, 2.05) is 0 Å². The highest BCUT2D eigenvalue weighted by Gasteiger charge is 2.25. The Labute approximate surface area is 129 Å². The third-order valence-corrected chi connectivity index (χ3v) is 5.51. The Morgan fingerprint density at radius 3 is 2.55 bits per heavy atom. The van der Waals surface area contributed by atoms with E-state index in [-0.39, 0.29) is 29.0 Å². The van der Waals surface area contributed by atoms with Crippen molar-refractivity contribution in [2.24, 2.45) is 11.7 Å². The standard InChI is InChI=1S/C12H18Cl2N2O3S/c1-16(8-9(7-15)4-5-17)20(18,19)12-3-2-10(13)6-11(12)14/h2-3,6,9,17H,4-5,7-8,15H2,1H3. The minimum atomic E-state index is -3.70. The molecule has 0 aromatic heterocycles. The number of rotatable bonds is 7. The lowest BCUT2D eigenvalue weighted by Gasteiger charge is -2.22. The van der Waals surface area contributed by atoms with Gasteiger partial charge in [0.15, 0.2) is 0 Å². The molecule has 0 spiro atoms. The molecule has 0 saturated heterocycles. The van der Waals surface area contributed by atoms with Crippen molar-refractivity contribution in [1.82, 2.24) is 4.31 Å². The van der Waals surface area contributed by atoms with E-state index >= 15 is 0 Å². The van der Waals surface area contributed by atoms with Crippen molar-refractivity contribution in [3.63, 3.8) is 0 Å². The molecule has 0 bridgehead atoms. The van der Waals surface area contributed by atoms with Gasteiger partial charge in [-0.05, 0) is 37.1 Å². The second-order valence-corrected chi connectivity index (χ2v) is 7.33. The Hall–Kier alpha value is -0.370. The van der Waals surface area contributed by atoms with E-state index in [4.69, 9.17) is 34.0 Å². The summed E-state index contributed by atoms with van der Waals surface area (Å²) in [4.78, 5) is 0.00540. The molecule has 1 aromatic carbocycles. The highest BCUT2D eigenvalue weighted by atomic mass is 35.5. The van der Waals surface area contributed by atoms with Gasteiger partial charge in [0.1, 0.15) is 4.90 Å². The van der Waals surface area contributed by atoms with Gasteiger partial charge < -0.3 is 10.8 Å². The molecule has 1 rings (SSSR count). The minimum Gasteiger partial charge on any atom is -0.396 e. The highest BCUT2D eigenvalue weighted by Crippen LogP contribution is 2.27.